The zero-order valence-electron chi connectivity index (χ0n) is 10.7. The summed E-state index contributed by atoms with van der Waals surface area (Å²) in [7, 11) is 2.04. The highest BCUT2D eigenvalue weighted by molar-refractivity contribution is 5.71. The Hall–Kier alpha value is -1.55. The Bertz CT molecular complexity index is 380. The second-order valence-electron chi connectivity index (χ2n) is 4.62. The number of hydrogen-bond acceptors (Lipinski definition) is 4. The van der Waals surface area contributed by atoms with Crippen LogP contribution in [0.2, 0.25) is 0 Å². The van der Waals surface area contributed by atoms with E-state index in [0.717, 1.165) is 25.9 Å². The van der Waals surface area contributed by atoms with E-state index in [9.17, 15) is 4.79 Å². The number of para-hydroxylation sites is 1. The molecule has 1 aliphatic rings. The molecule has 0 unspecified atom stereocenters. The Labute approximate surface area is 107 Å². The van der Waals surface area contributed by atoms with Gasteiger partial charge in [-0.2, -0.15) is 0 Å². The average molecular weight is 249 g/mol. The molecule has 4 heteroatoms. The van der Waals surface area contributed by atoms with Crippen LogP contribution in [-0.4, -0.2) is 43.7 Å². The molecule has 0 bridgehead atoms. The van der Waals surface area contributed by atoms with Crippen LogP contribution in [-0.2, 0) is 9.53 Å². The van der Waals surface area contributed by atoms with E-state index in [0.29, 0.717) is 5.75 Å². The zero-order valence-corrected chi connectivity index (χ0v) is 10.7. The average Bonchev–Trinajstić information content (AvgIpc) is 2.38. The van der Waals surface area contributed by atoms with Gasteiger partial charge < -0.3 is 14.4 Å². The number of hydrogen-bond donors (Lipinski definition) is 0. The molecule has 0 amide bonds. The molecule has 1 aromatic rings. The maximum Gasteiger partial charge on any atom is 0.344 e. The summed E-state index contributed by atoms with van der Waals surface area (Å²) < 4.78 is 10.7. The smallest absolute Gasteiger partial charge is 0.344 e. The molecule has 2 rings (SSSR count). The summed E-state index contributed by atoms with van der Waals surface area (Å²) in [5.74, 6) is 0.398. The van der Waals surface area contributed by atoms with Crippen LogP contribution in [0.4, 0.5) is 0 Å². The van der Waals surface area contributed by atoms with Crippen molar-refractivity contribution in [2.45, 2.75) is 18.9 Å². The van der Waals surface area contributed by atoms with E-state index >= 15 is 0 Å². The van der Waals surface area contributed by atoms with Gasteiger partial charge in [0.2, 0.25) is 0 Å². The lowest BCUT2D eigenvalue weighted by Crippen LogP contribution is -2.38. The fraction of sp³-hybridized carbons (Fsp3) is 0.500. The first-order valence-corrected chi connectivity index (χ1v) is 6.30. The van der Waals surface area contributed by atoms with Gasteiger partial charge in [0.15, 0.2) is 6.61 Å². The maximum absolute atomic E-state index is 11.6. The lowest BCUT2D eigenvalue weighted by molar-refractivity contribution is -0.153. The third kappa shape index (κ3) is 4.04. The van der Waals surface area contributed by atoms with Crippen LogP contribution in [0.1, 0.15) is 12.8 Å². The van der Waals surface area contributed by atoms with Gasteiger partial charge in [0.05, 0.1) is 0 Å². The fourth-order valence-corrected chi connectivity index (χ4v) is 2.09. The van der Waals surface area contributed by atoms with E-state index in [1.165, 1.54) is 0 Å². The number of ether oxygens (including phenoxy) is 2. The number of esters is 1. The SMILES string of the molecule is CN1CCC[C@@H](OC(=O)COc2ccccc2)C1. The van der Waals surface area contributed by atoms with Gasteiger partial charge in [-0.1, -0.05) is 18.2 Å². The molecule has 4 nitrogen and oxygen atoms in total. The summed E-state index contributed by atoms with van der Waals surface area (Å²) in [5, 5.41) is 0. The van der Waals surface area contributed by atoms with Gasteiger partial charge in [-0.3, -0.25) is 0 Å². The molecule has 98 valence electrons. The lowest BCUT2D eigenvalue weighted by Gasteiger charge is -2.29. The van der Waals surface area contributed by atoms with Crippen molar-refractivity contribution < 1.29 is 14.3 Å². The van der Waals surface area contributed by atoms with E-state index in [4.69, 9.17) is 9.47 Å². The van der Waals surface area contributed by atoms with E-state index in [1.807, 2.05) is 37.4 Å². The number of rotatable bonds is 4. The van der Waals surface area contributed by atoms with Crippen molar-refractivity contribution in [3.63, 3.8) is 0 Å². The third-order valence-corrected chi connectivity index (χ3v) is 2.98. The first-order chi connectivity index (χ1) is 8.74. The minimum Gasteiger partial charge on any atom is -0.482 e. The molecule has 0 aliphatic carbocycles. The van der Waals surface area contributed by atoms with Crippen molar-refractivity contribution in [3.05, 3.63) is 30.3 Å². The van der Waals surface area contributed by atoms with Crippen molar-refractivity contribution in [2.75, 3.05) is 26.7 Å². The Morgan fingerprint density at radius 1 is 1.39 bits per heavy atom. The Morgan fingerprint density at radius 3 is 2.89 bits per heavy atom. The number of carbonyl (C=O) groups excluding carboxylic acids is 1. The second kappa shape index (κ2) is 6.40. The summed E-state index contributed by atoms with van der Waals surface area (Å²) in [6.45, 7) is 1.87. The first-order valence-electron chi connectivity index (χ1n) is 6.30. The minimum absolute atomic E-state index is 0.00984. The highest BCUT2D eigenvalue weighted by Crippen LogP contribution is 2.12. The molecule has 18 heavy (non-hydrogen) atoms. The Kier molecular flexibility index (Phi) is 4.59. The molecule has 0 saturated carbocycles. The quantitative estimate of drug-likeness (QED) is 0.761. The van der Waals surface area contributed by atoms with Crippen LogP contribution < -0.4 is 4.74 Å². The highest BCUT2D eigenvalue weighted by atomic mass is 16.6. The number of benzene rings is 1. The first kappa shape index (κ1) is 12.9. The molecule has 1 aliphatic heterocycles. The molecule has 0 N–H and O–H groups in total. The number of piperidine rings is 1. The summed E-state index contributed by atoms with van der Waals surface area (Å²) in [6, 6.07) is 9.29. The molecule has 1 heterocycles. The van der Waals surface area contributed by atoms with Gasteiger partial charge in [-0.15, -0.1) is 0 Å². The molecular weight excluding hydrogens is 230 g/mol. The minimum atomic E-state index is -0.292. The number of likely N-dealkylation sites (tertiary alicyclic amines) is 1. The van der Waals surface area contributed by atoms with Crippen molar-refractivity contribution in [1.82, 2.24) is 4.90 Å². The van der Waals surface area contributed by atoms with E-state index in [1.54, 1.807) is 0 Å². The van der Waals surface area contributed by atoms with Gasteiger partial charge in [-0.25, -0.2) is 4.79 Å². The van der Waals surface area contributed by atoms with Crippen molar-refractivity contribution >= 4 is 5.97 Å². The summed E-state index contributed by atoms with van der Waals surface area (Å²) >= 11 is 0. The molecule has 1 aromatic carbocycles. The van der Waals surface area contributed by atoms with Crippen molar-refractivity contribution in [2.24, 2.45) is 0 Å². The van der Waals surface area contributed by atoms with Crippen LogP contribution in [0.5, 0.6) is 5.75 Å². The lowest BCUT2D eigenvalue weighted by atomic mass is 10.1. The van der Waals surface area contributed by atoms with Crippen molar-refractivity contribution in [3.8, 4) is 5.75 Å². The molecule has 0 aromatic heterocycles. The van der Waals surface area contributed by atoms with E-state index in [2.05, 4.69) is 4.90 Å². The Balaban J connectivity index is 1.72. The van der Waals surface area contributed by atoms with E-state index < -0.39 is 0 Å². The Morgan fingerprint density at radius 2 is 2.17 bits per heavy atom. The highest BCUT2D eigenvalue weighted by Gasteiger charge is 2.20. The topological polar surface area (TPSA) is 38.8 Å². The normalized spacial score (nSPS) is 20.4. The predicted octanol–water partition coefficient (Wildman–Crippen LogP) is 1.70. The summed E-state index contributed by atoms with van der Waals surface area (Å²) in [4.78, 5) is 13.8. The van der Waals surface area contributed by atoms with Crippen LogP contribution in [0.25, 0.3) is 0 Å². The molecule has 0 radical (unpaired) electrons. The number of likely N-dealkylation sites (N-methyl/N-ethyl adjacent to an activating group) is 1. The summed E-state index contributed by atoms with van der Waals surface area (Å²) in [5.41, 5.74) is 0. The molecular formula is C14H19NO3. The number of nitrogens with zero attached hydrogens (tertiary/aromatic N) is 1. The maximum atomic E-state index is 11.6. The largest absolute Gasteiger partial charge is 0.482 e. The fourth-order valence-electron chi connectivity index (χ4n) is 2.09. The molecule has 1 atom stereocenters. The van der Waals surface area contributed by atoms with Crippen molar-refractivity contribution in [1.29, 1.82) is 0 Å². The molecule has 1 fully saturated rings. The van der Waals surface area contributed by atoms with Crippen LogP contribution >= 0.6 is 0 Å². The van der Waals surface area contributed by atoms with Crippen LogP contribution in [0.3, 0.4) is 0 Å². The second-order valence-corrected chi connectivity index (χ2v) is 4.62. The van der Waals surface area contributed by atoms with Gasteiger partial charge >= 0.3 is 5.97 Å². The summed E-state index contributed by atoms with van der Waals surface area (Å²) in [6.07, 6.45) is 2.03. The van der Waals surface area contributed by atoms with Gasteiger partial charge in [-0.05, 0) is 38.6 Å². The number of carbonyl (C=O) groups is 1. The molecule has 0 spiro atoms. The zero-order chi connectivity index (χ0) is 12.8. The van der Waals surface area contributed by atoms with Crippen LogP contribution in [0.15, 0.2) is 30.3 Å². The van der Waals surface area contributed by atoms with Crippen LogP contribution in [0, 0.1) is 0 Å². The standard InChI is InChI=1S/C14H19NO3/c1-15-9-5-8-13(10-15)18-14(16)11-17-12-6-3-2-4-7-12/h2-4,6-7,13H,5,8-11H2,1H3/t13-/m1/s1. The molecule has 1 saturated heterocycles. The predicted molar refractivity (Wildman–Crippen MR) is 68.5 cm³/mol. The third-order valence-electron chi connectivity index (χ3n) is 2.98. The monoisotopic (exact) mass is 249 g/mol. The van der Waals surface area contributed by atoms with Gasteiger partial charge in [0.25, 0.3) is 0 Å². The van der Waals surface area contributed by atoms with Gasteiger partial charge in [0.1, 0.15) is 11.9 Å². The van der Waals surface area contributed by atoms with Gasteiger partial charge in [0, 0.05) is 6.54 Å². The van der Waals surface area contributed by atoms with E-state index in [-0.39, 0.29) is 18.7 Å².